The highest BCUT2D eigenvalue weighted by molar-refractivity contribution is 6.01. The molecular formula is C21H26N2O5. The summed E-state index contributed by atoms with van der Waals surface area (Å²) in [5.74, 6) is -0.173. The molecule has 0 saturated carbocycles. The number of methoxy groups -OCH3 is 1. The Hall–Kier alpha value is -3.27. The van der Waals surface area contributed by atoms with Gasteiger partial charge in [-0.1, -0.05) is 6.08 Å². The van der Waals surface area contributed by atoms with E-state index in [4.69, 9.17) is 9.47 Å². The second kappa shape index (κ2) is 11.4. The smallest absolute Gasteiger partial charge is 0.343 e. The molecule has 7 heteroatoms. The molecule has 0 radical (unpaired) electrons. The third-order valence-electron chi connectivity index (χ3n) is 3.48. The number of hydrogen-bond donors (Lipinski definition) is 1. The highest BCUT2D eigenvalue weighted by Crippen LogP contribution is 2.34. The molecule has 1 amide bonds. The van der Waals surface area contributed by atoms with Crippen LogP contribution in [0.5, 0.6) is 11.5 Å². The Bertz CT molecular complexity index is 791. The number of rotatable bonds is 10. The molecule has 7 nitrogen and oxygen atoms in total. The molecule has 0 unspecified atom stereocenters. The minimum atomic E-state index is -0.520. The molecule has 0 bridgehead atoms. The first-order valence-electron chi connectivity index (χ1n) is 8.89. The fourth-order valence-electron chi connectivity index (χ4n) is 2.35. The quantitative estimate of drug-likeness (QED) is 0.287. The van der Waals surface area contributed by atoms with Crippen LogP contribution < -0.4 is 14.8 Å². The summed E-state index contributed by atoms with van der Waals surface area (Å²) in [5, 5.41) is 12.0. The van der Waals surface area contributed by atoms with Crippen molar-refractivity contribution >= 4 is 18.0 Å². The zero-order chi connectivity index (χ0) is 21.1. The summed E-state index contributed by atoms with van der Waals surface area (Å²) in [6, 6.07) is 5.24. The van der Waals surface area contributed by atoms with Gasteiger partial charge in [-0.2, -0.15) is 5.26 Å². The molecular weight excluding hydrogens is 360 g/mol. The van der Waals surface area contributed by atoms with Crippen LogP contribution in [-0.2, 0) is 20.7 Å². The molecule has 0 aliphatic rings. The summed E-state index contributed by atoms with van der Waals surface area (Å²) in [5.41, 5.74) is 1.28. The highest BCUT2D eigenvalue weighted by Gasteiger charge is 2.16. The number of nitriles is 1. The molecule has 0 aliphatic carbocycles. The Morgan fingerprint density at radius 3 is 2.57 bits per heavy atom. The molecule has 150 valence electrons. The van der Waals surface area contributed by atoms with Crippen molar-refractivity contribution in [1.82, 2.24) is 5.32 Å². The van der Waals surface area contributed by atoms with Crippen molar-refractivity contribution in [2.24, 2.45) is 0 Å². The average molecular weight is 386 g/mol. The predicted octanol–water partition coefficient (Wildman–Crippen LogP) is 2.80. The first-order chi connectivity index (χ1) is 13.4. The van der Waals surface area contributed by atoms with E-state index in [1.165, 1.54) is 13.2 Å². The minimum Gasteiger partial charge on any atom is -0.490 e. The first-order valence-corrected chi connectivity index (χ1v) is 8.89. The van der Waals surface area contributed by atoms with E-state index in [2.05, 4.69) is 16.6 Å². The van der Waals surface area contributed by atoms with Crippen LogP contribution in [0.15, 0.2) is 30.4 Å². The van der Waals surface area contributed by atoms with E-state index in [9.17, 15) is 14.9 Å². The van der Waals surface area contributed by atoms with Gasteiger partial charge >= 0.3 is 5.97 Å². The van der Waals surface area contributed by atoms with Crippen molar-refractivity contribution in [3.8, 4) is 17.6 Å². The number of amides is 1. The number of nitrogens with zero attached hydrogens (tertiary/aromatic N) is 1. The molecule has 1 rings (SSSR count). The average Bonchev–Trinajstić information content (AvgIpc) is 2.65. The number of allylic oxidation sites excluding steroid dienone is 1. The van der Waals surface area contributed by atoms with E-state index >= 15 is 0 Å². The van der Waals surface area contributed by atoms with Gasteiger partial charge < -0.3 is 19.5 Å². The van der Waals surface area contributed by atoms with Crippen LogP contribution in [0.25, 0.3) is 6.08 Å². The molecule has 0 aliphatic heterocycles. The monoisotopic (exact) mass is 386 g/mol. The van der Waals surface area contributed by atoms with Crippen LogP contribution in [0, 0.1) is 11.3 Å². The predicted molar refractivity (Wildman–Crippen MR) is 106 cm³/mol. The lowest BCUT2D eigenvalue weighted by Crippen LogP contribution is -2.30. The van der Waals surface area contributed by atoms with Crippen LogP contribution in [0.4, 0.5) is 0 Å². The largest absolute Gasteiger partial charge is 0.490 e. The summed E-state index contributed by atoms with van der Waals surface area (Å²) < 4.78 is 15.9. The third kappa shape index (κ3) is 6.80. The van der Waals surface area contributed by atoms with Gasteiger partial charge in [-0.05, 0) is 51.0 Å². The fourth-order valence-corrected chi connectivity index (χ4v) is 2.35. The molecule has 1 N–H and O–H groups in total. The van der Waals surface area contributed by atoms with Gasteiger partial charge in [0.25, 0.3) is 5.91 Å². The van der Waals surface area contributed by atoms with Crippen molar-refractivity contribution < 1.29 is 23.8 Å². The van der Waals surface area contributed by atoms with E-state index < -0.39 is 11.9 Å². The molecule has 0 spiro atoms. The van der Waals surface area contributed by atoms with Gasteiger partial charge in [0.15, 0.2) is 18.1 Å². The van der Waals surface area contributed by atoms with E-state index in [1.54, 1.807) is 18.2 Å². The number of carbonyl (C=O) groups excluding carboxylic acids is 2. The van der Waals surface area contributed by atoms with E-state index in [-0.39, 0.29) is 18.2 Å². The van der Waals surface area contributed by atoms with Gasteiger partial charge in [0.1, 0.15) is 11.6 Å². The summed E-state index contributed by atoms with van der Waals surface area (Å²) in [7, 11) is 1.28. The topological polar surface area (TPSA) is 97.7 Å². The third-order valence-corrected chi connectivity index (χ3v) is 3.48. The molecule has 0 aromatic heterocycles. The Morgan fingerprint density at radius 1 is 1.32 bits per heavy atom. The van der Waals surface area contributed by atoms with Crippen molar-refractivity contribution in [2.45, 2.75) is 33.2 Å². The molecule has 1 aromatic rings. The SMILES string of the molecule is C=CCc1cc(/C=C(/C#N)C(=O)NC(C)C)cc(OCC)c1OCC(=O)OC. The highest BCUT2D eigenvalue weighted by atomic mass is 16.6. The van der Waals surface area contributed by atoms with E-state index in [0.29, 0.717) is 35.7 Å². The molecule has 0 atom stereocenters. The summed E-state index contributed by atoms with van der Waals surface area (Å²) >= 11 is 0. The fraction of sp³-hybridized carbons (Fsp3) is 0.381. The zero-order valence-corrected chi connectivity index (χ0v) is 16.7. The van der Waals surface area contributed by atoms with Crippen LogP contribution in [-0.4, -0.2) is 38.2 Å². The Balaban J connectivity index is 3.39. The van der Waals surface area contributed by atoms with Crippen molar-refractivity contribution in [2.75, 3.05) is 20.3 Å². The lowest BCUT2D eigenvalue weighted by Gasteiger charge is -2.16. The zero-order valence-electron chi connectivity index (χ0n) is 16.7. The molecule has 0 heterocycles. The van der Waals surface area contributed by atoms with Crippen LogP contribution >= 0.6 is 0 Å². The van der Waals surface area contributed by atoms with E-state index in [0.717, 1.165) is 0 Å². The van der Waals surface area contributed by atoms with Crippen molar-refractivity contribution in [3.05, 3.63) is 41.5 Å². The van der Waals surface area contributed by atoms with Crippen LogP contribution in [0.1, 0.15) is 31.9 Å². The normalized spacial score (nSPS) is 10.8. The maximum absolute atomic E-state index is 12.2. The summed E-state index contributed by atoms with van der Waals surface area (Å²) in [6.45, 7) is 9.28. The summed E-state index contributed by atoms with van der Waals surface area (Å²) in [6.07, 6.45) is 3.61. The summed E-state index contributed by atoms with van der Waals surface area (Å²) in [4.78, 5) is 23.6. The van der Waals surface area contributed by atoms with Gasteiger partial charge in [0.2, 0.25) is 0 Å². The van der Waals surface area contributed by atoms with Crippen LogP contribution in [0.2, 0.25) is 0 Å². The molecule has 1 aromatic carbocycles. The van der Waals surface area contributed by atoms with E-state index in [1.807, 2.05) is 26.8 Å². The Morgan fingerprint density at radius 2 is 2.04 bits per heavy atom. The Labute approximate surface area is 165 Å². The molecule has 0 saturated heterocycles. The standard InChI is InChI=1S/C21H26N2O5/c1-6-8-16-9-15(10-17(12-22)21(25)23-14(3)4)11-18(27-7-2)20(16)28-13-19(24)26-5/h6,9-11,14H,1,7-8,13H2,2-5H3,(H,23,25)/b17-10-. The number of carbonyl (C=O) groups is 2. The second-order valence-corrected chi connectivity index (χ2v) is 6.10. The van der Waals surface area contributed by atoms with Gasteiger partial charge in [0, 0.05) is 11.6 Å². The maximum Gasteiger partial charge on any atom is 0.343 e. The number of esters is 1. The Kier molecular flexibility index (Phi) is 9.31. The minimum absolute atomic E-state index is 0.0241. The van der Waals surface area contributed by atoms with Gasteiger partial charge in [0.05, 0.1) is 13.7 Å². The van der Waals surface area contributed by atoms with Gasteiger partial charge in [-0.3, -0.25) is 4.79 Å². The second-order valence-electron chi connectivity index (χ2n) is 6.10. The lowest BCUT2D eigenvalue weighted by molar-refractivity contribution is -0.142. The van der Waals surface area contributed by atoms with Crippen molar-refractivity contribution in [1.29, 1.82) is 5.26 Å². The first kappa shape index (κ1) is 22.8. The lowest BCUT2D eigenvalue weighted by atomic mass is 10.0. The maximum atomic E-state index is 12.2. The number of hydrogen-bond acceptors (Lipinski definition) is 6. The number of benzene rings is 1. The number of nitrogens with one attached hydrogen (secondary N) is 1. The number of ether oxygens (including phenoxy) is 3. The van der Waals surface area contributed by atoms with Gasteiger partial charge in [-0.15, -0.1) is 6.58 Å². The van der Waals surface area contributed by atoms with Crippen molar-refractivity contribution in [3.63, 3.8) is 0 Å². The molecule has 28 heavy (non-hydrogen) atoms. The van der Waals surface area contributed by atoms with Crippen LogP contribution in [0.3, 0.4) is 0 Å². The molecule has 0 fully saturated rings. The van der Waals surface area contributed by atoms with Gasteiger partial charge in [-0.25, -0.2) is 4.79 Å².